The van der Waals surface area contributed by atoms with Gasteiger partial charge >= 0.3 is 485 Å². The van der Waals surface area contributed by atoms with Crippen LogP contribution in [0, 0.1) is 61.4 Å². The second-order valence-electron chi connectivity index (χ2n) is 5.80. The van der Waals surface area contributed by atoms with Crippen molar-refractivity contribution in [1.82, 2.24) is 9.80 Å². The molecule has 0 bridgehead atoms. The van der Waals surface area contributed by atoms with Crippen LogP contribution in [0.1, 0.15) is 0 Å². The van der Waals surface area contributed by atoms with Crippen molar-refractivity contribution in [2.75, 3.05) is 39.3 Å². The molecule has 0 spiro atoms. The van der Waals surface area contributed by atoms with Crippen LogP contribution < -0.4 is 0 Å². The quantitative estimate of drug-likeness (QED) is 0.140. The van der Waals surface area contributed by atoms with Gasteiger partial charge in [-0.25, -0.2) is 0 Å². The fourth-order valence-electron chi connectivity index (χ4n) is 1.74. The first kappa shape index (κ1) is 79.1. The number of carboxylic acid groups (broad SMARTS) is 4. The van der Waals surface area contributed by atoms with Gasteiger partial charge in [0.1, 0.15) is 0 Å². The fraction of sp³-hybridized carbons (Fsp3) is 0.375. The fourth-order valence-corrected chi connectivity index (χ4v) is 2.57. The van der Waals surface area contributed by atoms with Gasteiger partial charge in [0.25, 0.3) is 0 Å². The Kier molecular flexibility index (Phi) is 76.1. The number of rotatable bonds is 11. The van der Waals surface area contributed by atoms with Gasteiger partial charge in [-0.15, -0.1) is 0 Å². The van der Waals surface area contributed by atoms with E-state index in [9.17, 15) is 19.2 Å². The molecule has 0 aromatic heterocycles. The molecule has 0 rings (SSSR count). The van der Waals surface area contributed by atoms with Crippen molar-refractivity contribution in [3.05, 3.63) is 0 Å². The van der Waals surface area contributed by atoms with Crippen LogP contribution in [0.15, 0.2) is 0 Å². The molecule has 0 aliphatic rings. The first-order chi connectivity index (χ1) is 15.2. The number of carboxylic acids is 4. The molecule has 0 unspecified atom stereocenters. The average Bonchev–Trinajstić information content (AvgIpc) is 2.75. The zero-order chi connectivity index (χ0) is 26.4. The topological polar surface area (TPSA) is 298 Å². The maximum absolute atomic E-state index is 10.6. The van der Waals surface area contributed by atoms with Gasteiger partial charge in [0.2, 0.25) is 0 Å². The van der Waals surface area contributed by atoms with Crippen LogP contribution >= 0.6 is 0 Å². The minimum atomic E-state index is -6.17. The Balaban J connectivity index is -0.0000000440. The molecule has 4 N–H and O–H groups in total. The van der Waals surface area contributed by atoms with Gasteiger partial charge in [-0.2, -0.15) is 0 Å². The molecule has 42 heavy (non-hydrogen) atoms. The van der Waals surface area contributed by atoms with Crippen molar-refractivity contribution >= 4 is 413 Å². The van der Waals surface area contributed by atoms with E-state index < -0.39 is 60.8 Å². The average molecular weight is 865 g/mol. The molecule has 26 heteroatoms. The molecule has 0 heterocycles. The van der Waals surface area contributed by atoms with Gasteiger partial charge in [-0.05, 0) is 0 Å². The van der Waals surface area contributed by atoms with Gasteiger partial charge < -0.3 is 20.4 Å². The normalized spacial score (nSPS) is 9.24. The van der Waals surface area contributed by atoms with Gasteiger partial charge in [0.15, 0.2) is 0 Å². The molecule has 0 amide bonds. The SMILES string of the molecule is N#[C][Fe]([C]#N)([C]#N)([C]#N)([C]#N)[C]#N.O=C(O)CN(CCN(CC(=O)O)CC(=O)O)CC(=O)O.[Fe].[KH].[KH].[KH].[KH].[KH].[KH].[KH].[NaH]. The zero-order valence-electron chi connectivity index (χ0n) is 16.9. The Morgan fingerprint density at radius 3 is 0.690 bits per heavy atom. The van der Waals surface area contributed by atoms with E-state index in [0.717, 1.165) is 39.6 Å². The second kappa shape index (κ2) is 40.4. The Bertz CT molecular complexity index is 921. The molecule has 0 fully saturated rings. The van der Waals surface area contributed by atoms with Crippen molar-refractivity contribution in [3.63, 3.8) is 0 Å². The summed E-state index contributed by atoms with van der Waals surface area (Å²) in [5, 5.41) is 85.9. The molecule has 0 aromatic carbocycles. The summed E-state index contributed by atoms with van der Waals surface area (Å²) in [6.07, 6.45) is 0. The maximum atomic E-state index is 10.6. The van der Waals surface area contributed by atoms with E-state index in [1.54, 1.807) is 0 Å². The Morgan fingerprint density at radius 1 is 0.476 bits per heavy atom. The zero-order valence-corrected chi connectivity index (χ0v) is 19.2. The number of hydrogen-bond donors (Lipinski definition) is 4. The predicted octanol–water partition coefficient (Wildman–Crippen LogP) is -7.16. The van der Waals surface area contributed by atoms with Crippen molar-refractivity contribution in [3.8, 4) is 29.8 Å². The third-order valence-corrected chi connectivity index (χ3v) is 7.06. The molecule has 0 aromatic rings. The van der Waals surface area contributed by atoms with Crippen LogP contribution in [0.2, 0.25) is 0 Å². The third-order valence-electron chi connectivity index (χ3n) is 3.35. The molecule has 0 atom stereocenters. The molecule has 0 aliphatic heterocycles. The Hall–Kier alpha value is 8.23. The number of aliphatic carboxylic acids is 4. The summed E-state index contributed by atoms with van der Waals surface area (Å²) in [6.45, 7) is -2.25. The number of hydrogen-bond acceptors (Lipinski definition) is 12. The summed E-state index contributed by atoms with van der Waals surface area (Å²) in [4.78, 5) is 50.5. The van der Waals surface area contributed by atoms with Gasteiger partial charge in [-0.3, -0.25) is 29.0 Å². The van der Waals surface area contributed by atoms with Gasteiger partial charge in [0, 0.05) is 30.2 Å². The first-order valence-electron chi connectivity index (χ1n) is 7.92. The monoisotopic (exact) mass is 864 g/mol. The summed E-state index contributed by atoms with van der Waals surface area (Å²) >= 11 is 0. The van der Waals surface area contributed by atoms with Crippen molar-refractivity contribution < 1.29 is 67.4 Å². The second-order valence-corrected chi connectivity index (χ2v) is 11.4. The van der Waals surface area contributed by atoms with E-state index >= 15 is 0 Å². The van der Waals surface area contributed by atoms with E-state index in [4.69, 9.17) is 52.0 Å². The molecule has 0 radical (unpaired) electrons. The molecular weight excluding hydrogens is 841 g/mol. The van der Waals surface area contributed by atoms with Crippen molar-refractivity contribution in [1.29, 1.82) is 31.6 Å². The standard InChI is InChI=1S/C10H16N2O8.6CN.2Fe.7K.Na.8H/c13-7(14)3-11(4-8(15)16)1-2-12(5-9(17)18)6-10(19)20;6*1-2;;;;;;;;;;;;;;;;;;/h1-6H2,(H,13,14)(H,15,16)(H,17,18)(H,19,20);;;;;;;;;;;;;;;;;;;;;;;;. The van der Waals surface area contributed by atoms with Crippen LogP contribution in [0.5, 0.6) is 0 Å². The predicted molar refractivity (Wildman–Crippen MR) is 154 cm³/mol. The summed E-state index contributed by atoms with van der Waals surface area (Å²) in [5.41, 5.74) is 0. The van der Waals surface area contributed by atoms with Crippen LogP contribution in [-0.2, 0) is 47.0 Å². The van der Waals surface area contributed by atoms with E-state index in [1.807, 2.05) is 0 Å². The molecule has 0 saturated carbocycles. The van der Waals surface area contributed by atoms with Crippen LogP contribution in [0.3, 0.4) is 0 Å². The molecule has 0 saturated heterocycles. The molecular formula is C16H24Fe2K7N8NaO8. The van der Waals surface area contributed by atoms with Crippen LogP contribution in [0.25, 0.3) is 0 Å². The number of nitrogens with zero attached hydrogens (tertiary/aromatic N) is 8. The molecule has 16 nitrogen and oxygen atoms in total. The van der Waals surface area contributed by atoms with E-state index in [2.05, 4.69) is 0 Å². The summed E-state index contributed by atoms with van der Waals surface area (Å²) in [5.74, 6) is -4.91. The number of carbonyl (C=O) groups is 4. The molecule has 0 aliphatic carbocycles. The van der Waals surface area contributed by atoms with Crippen molar-refractivity contribution in [2.45, 2.75) is 0 Å². The minimum absolute atomic E-state index is 0. The molecule has 200 valence electrons. The van der Waals surface area contributed by atoms with Crippen molar-refractivity contribution in [2.24, 2.45) is 0 Å². The summed E-state index contributed by atoms with van der Waals surface area (Å²) < 4.78 is 0. The Morgan fingerprint density at radius 2 is 0.619 bits per heavy atom. The van der Waals surface area contributed by atoms with Crippen LogP contribution in [0.4, 0.5) is 0 Å². The first-order valence-corrected chi connectivity index (χ1v) is 11.2. The van der Waals surface area contributed by atoms with E-state index in [1.165, 1.54) is 0 Å². The van der Waals surface area contributed by atoms with Gasteiger partial charge in [0.05, 0.1) is 26.2 Å². The number of nitriles is 6. The summed E-state index contributed by atoms with van der Waals surface area (Å²) in [6, 6.07) is 0. The van der Waals surface area contributed by atoms with E-state index in [0.29, 0.717) is 0 Å². The Labute approximate surface area is 572 Å². The van der Waals surface area contributed by atoms with Crippen LogP contribution in [-0.4, -0.2) is 483 Å². The third kappa shape index (κ3) is 30.7. The van der Waals surface area contributed by atoms with Gasteiger partial charge in [-0.1, -0.05) is 0 Å². The van der Waals surface area contributed by atoms with E-state index in [-0.39, 0.29) is 419 Å². The summed E-state index contributed by atoms with van der Waals surface area (Å²) in [7, 11) is -6.17.